The van der Waals surface area contributed by atoms with E-state index >= 15 is 0 Å². The van der Waals surface area contributed by atoms with Crippen molar-refractivity contribution in [1.82, 2.24) is 10.3 Å². The number of hydrogen-bond donors (Lipinski definition) is 1. The van der Waals surface area contributed by atoms with E-state index in [0.29, 0.717) is 12.6 Å². The lowest BCUT2D eigenvalue weighted by Crippen LogP contribution is -2.25. The first kappa shape index (κ1) is 10.4. The van der Waals surface area contributed by atoms with E-state index in [2.05, 4.69) is 10.3 Å². The van der Waals surface area contributed by atoms with Crippen molar-refractivity contribution in [2.45, 2.75) is 18.9 Å². The van der Waals surface area contributed by atoms with Gasteiger partial charge in [-0.15, -0.1) is 0 Å². The van der Waals surface area contributed by atoms with E-state index in [1.165, 1.54) is 12.8 Å². The highest BCUT2D eigenvalue weighted by molar-refractivity contribution is 6.07. The Morgan fingerprint density at radius 3 is 2.94 bits per heavy atom. The summed E-state index contributed by atoms with van der Waals surface area (Å²) in [4.78, 5) is 16.4. The molecule has 3 heteroatoms. The number of ketones is 1. The topological polar surface area (TPSA) is 42.0 Å². The number of nitrogens with zero attached hydrogens (tertiary/aromatic N) is 1. The van der Waals surface area contributed by atoms with Gasteiger partial charge >= 0.3 is 0 Å². The summed E-state index contributed by atoms with van der Waals surface area (Å²) >= 11 is 0. The van der Waals surface area contributed by atoms with Crippen molar-refractivity contribution in [3.8, 4) is 0 Å². The van der Waals surface area contributed by atoms with Gasteiger partial charge < -0.3 is 5.32 Å². The largest absolute Gasteiger partial charge is 0.307 e. The Hall–Kier alpha value is -1.74. The maximum atomic E-state index is 12.1. The molecule has 0 amide bonds. The van der Waals surface area contributed by atoms with Gasteiger partial charge in [-0.25, -0.2) is 0 Å². The zero-order chi connectivity index (χ0) is 11.7. The van der Waals surface area contributed by atoms with Gasteiger partial charge in [-0.2, -0.15) is 0 Å². The quantitative estimate of drug-likeness (QED) is 0.812. The monoisotopic (exact) mass is 226 g/mol. The van der Waals surface area contributed by atoms with Crippen molar-refractivity contribution in [2.24, 2.45) is 0 Å². The van der Waals surface area contributed by atoms with Gasteiger partial charge in [0.25, 0.3) is 0 Å². The summed E-state index contributed by atoms with van der Waals surface area (Å²) < 4.78 is 0. The minimum atomic E-state index is 0.126. The molecule has 3 nitrogen and oxygen atoms in total. The van der Waals surface area contributed by atoms with Gasteiger partial charge in [0.1, 0.15) is 0 Å². The highest BCUT2D eigenvalue weighted by atomic mass is 16.1. The summed E-state index contributed by atoms with van der Waals surface area (Å²) in [5.74, 6) is 0.126. The number of para-hydroxylation sites is 1. The van der Waals surface area contributed by atoms with Crippen LogP contribution in [-0.2, 0) is 0 Å². The van der Waals surface area contributed by atoms with E-state index in [-0.39, 0.29) is 5.78 Å². The fourth-order valence-electron chi connectivity index (χ4n) is 1.95. The molecule has 17 heavy (non-hydrogen) atoms. The van der Waals surface area contributed by atoms with Gasteiger partial charge in [0.15, 0.2) is 5.78 Å². The van der Waals surface area contributed by atoms with Gasteiger partial charge in [-0.05, 0) is 25.0 Å². The molecular formula is C14H14N2O. The lowest BCUT2D eigenvalue weighted by atomic mass is 10.1. The van der Waals surface area contributed by atoms with Crippen LogP contribution in [0.5, 0.6) is 0 Å². The molecular weight excluding hydrogens is 212 g/mol. The van der Waals surface area contributed by atoms with E-state index in [0.717, 1.165) is 16.5 Å². The number of Topliss-reactive ketones (excluding diaryl/α,β-unsaturated/α-hetero) is 1. The standard InChI is InChI=1S/C14H14N2O/c17-13(9-16-11-6-7-11)12-5-1-3-10-4-2-8-15-14(10)12/h1-5,8,11,16H,6-7,9H2. The van der Waals surface area contributed by atoms with E-state index in [9.17, 15) is 4.79 Å². The molecule has 1 aromatic heterocycles. The summed E-state index contributed by atoms with van der Waals surface area (Å²) in [5.41, 5.74) is 1.52. The third kappa shape index (κ3) is 2.19. The number of aromatic nitrogens is 1. The van der Waals surface area contributed by atoms with Crippen molar-refractivity contribution >= 4 is 16.7 Å². The van der Waals surface area contributed by atoms with E-state index in [4.69, 9.17) is 0 Å². The number of nitrogens with one attached hydrogen (secondary N) is 1. The summed E-state index contributed by atoms with van der Waals surface area (Å²) in [5, 5.41) is 4.26. The second kappa shape index (κ2) is 4.26. The van der Waals surface area contributed by atoms with Crippen LogP contribution < -0.4 is 5.32 Å². The van der Waals surface area contributed by atoms with Crippen molar-refractivity contribution in [3.05, 3.63) is 42.1 Å². The second-order valence-corrected chi connectivity index (χ2v) is 4.46. The maximum Gasteiger partial charge on any atom is 0.178 e. The molecule has 1 aliphatic rings. The highest BCUT2D eigenvalue weighted by Crippen LogP contribution is 2.19. The van der Waals surface area contributed by atoms with Crippen LogP contribution in [0.15, 0.2) is 36.5 Å². The SMILES string of the molecule is O=C(CNC1CC1)c1cccc2cccnc12. The number of carbonyl (C=O) groups is 1. The molecule has 0 aliphatic heterocycles. The molecule has 1 saturated carbocycles. The van der Waals surface area contributed by atoms with Crippen LogP contribution in [0.25, 0.3) is 10.9 Å². The first-order valence-electron chi connectivity index (χ1n) is 5.95. The zero-order valence-electron chi connectivity index (χ0n) is 9.52. The van der Waals surface area contributed by atoms with Gasteiger partial charge in [0.05, 0.1) is 12.1 Å². The fourth-order valence-corrected chi connectivity index (χ4v) is 1.95. The van der Waals surface area contributed by atoms with E-state index < -0.39 is 0 Å². The summed E-state index contributed by atoms with van der Waals surface area (Å²) in [6.45, 7) is 0.417. The number of pyridine rings is 1. The summed E-state index contributed by atoms with van der Waals surface area (Å²) in [6.07, 6.45) is 4.12. The molecule has 1 N–H and O–H groups in total. The molecule has 1 aliphatic carbocycles. The van der Waals surface area contributed by atoms with Crippen molar-refractivity contribution in [2.75, 3.05) is 6.54 Å². The molecule has 1 heterocycles. The molecule has 0 bridgehead atoms. The van der Waals surface area contributed by atoms with Crippen LogP contribution in [0.1, 0.15) is 23.2 Å². The molecule has 0 unspecified atom stereocenters. The van der Waals surface area contributed by atoms with Crippen LogP contribution in [0.3, 0.4) is 0 Å². The van der Waals surface area contributed by atoms with Crippen LogP contribution in [0.2, 0.25) is 0 Å². The van der Waals surface area contributed by atoms with Gasteiger partial charge in [0, 0.05) is 23.2 Å². The average Bonchev–Trinajstić information content (AvgIpc) is 3.19. The van der Waals surface area contributed by atoms with Gasteiger partial charge in [-0.1, -0.05) is 18.2 Å². The Morgan fingerprint density at radius 2 is 2.12 bits per heavy atom. The van der Waals surface area contributed by atoms with Crippen LogP contribution >= 0.6 is 0 Å². The fraction of sp³-hybridized carbons (Fsp3) is 0.286. The molecule has 0 spiro atoms. The predicted octanol–water partition coefficient (Wildman–Crippen LogP) is 2.17. The number of hydrogen-bond acceptors (Lipinski definition) is 3. The Kier molecular flexibility index (Phi) is 2.61. The number of benzene rings is 1. The average molecular weight is 226 g/mol. The Balaban J connectivity index is 1.89. The van der Waals surface area contributed by atoms with Gasteiger partial charge in [0.2, 0.25) is 0 Å². The third-order valence-corrected chi connectivity index (χ3v) is 3.06. The van der Waals surface area contributed by atoms with Crippen LogP contribution in [-0.4, -0.2) is 23.4 Å². The molecule has 1 fully saturated rings. The summed E-state index contributed by atoms with van der Waals surface area (Å²) in [7, 11) is 0. The highest BCUT2D eigenvalue weighted by Gasteiger charge is 2.21. The zero-order valence-corrected chi connectivity index (χ0v) is 9.52. The van der Waals surface area contributed by atoms with E-state index in [1.807, 2.05) is 30.3 Å². The first-order chi connectivity index (χ1) is 8.34. The van der Waals surface area contributed by atoms with Crippen LogP contribution in [0.4, 0.5) is 0 Å². The van der Waals surface area contributed by atoms with Crippen molar-refractivity contribution in [3.63, 3.8) is 0 Å². The molecule has 0 radical (unpaired) electrons. The van der Waals surface area contributed by atoms with Gasteiger partial charge in [-0.3, -0.25) is 9.78 Å². The molecule has 86 valence electrons. The Morgan fingerprint density at radius 1 is 1.29 bits per heavy atom. The Labute approximate surface area is 99.9 Å². The normalized spacial score (nSPS) is 15.1. The van der Waals surface area contributed by atoms with Crippen LogP contribution in [0, 0.1) is 0 Å². The van der Waals surface area contributed by atoms with E-state index in [1.54, 1.807) is 6.20 Å². The van der Waals surface area contributed by atoms with Crippen molar-refractivity contribution in [1.29, 1.82) is 0 Å². The number of rotatable bonds is 4. The first-order valence-corrected chi connectivity index (χ1v) is 5.95. The molecule has 1 aromatic carbocycles. The lowest BCUT2D eigenvalue weighted by molar-refractivity contribution is 0.0992. The predicted molar refractivity (Wildman–Crippen MR) is 67.1 cm³/mol. The molecule has 3 rings (SSSR count). The molecule has 2 aromatic rings. The summed E-state index contributed by atoms with van der Waals surface area (Å²) in [6, 6.07) is 10.2. The Bertz CT molecular complexity index is 556. The maximum absolute atomic E-state index is 12.1. The van der Waals surface area contributed by atoms with Crippen molar-refractivity contribution < 1.29 is 4.79 Å². The lowest BCUT2D eigenvalue weighted by Gasteiger charge is -2.05. The number of fused-ring (bicyclic) bond motifs is 1. The minimum Gasteiger partial charge on any atom is -0.307 e. The molecule has 0 atom stereocenters. The number of carbonyl (C=O) groups excluding carboxylic acids is 1. The molecule has 0 saturated heterocycles. The third-order valence-electron chi connectivity index (χ3n) is 3.06. The second-order valence-electron chi connectivity index (χ2n) is 4.46. The minimum absolute atomic E-state index is 0.126. The smallest absolute Gasteiger partial charge is 0.178 e.